The number of nitrogens with one attached hydrogen (secondary N) is 1. The lowest BCUT2D eigenvalue weighted by molar-refractivity contribution is -0.0259. The lowest BCUT2D eigenvalue weighted by Gasteiger charge is -2.18. The Hall–Kier alpha value is -1.04. The van der Waals surface area contributed by atoms with Crippen molar-refractivity contribution in [3.63, 3.8) is 0 Å². The first-order chi connectivity index (χ1) is 8.39. The summed E-state index contributed by atoms with van der Waals surface area (Å²) in [4.78, 5) is 0. The molecule has 0 bridgehead atoms. The second-order valence-corrected chi connectivity index (χ2v) is 5.10. The number of hydrogen-bond donors (Lipinski definition) is 1. The molecular weight excluding hydrogens is 250 g/mol. The zero-order valence-electron chi connectivity index (χ0n) is 11.1. The predicted molar refractivity (Wildman–Crippen MR) is 70.6 cm³/mol. The van der Waals surface area contributed by atoms with Crippen molar-refractivity contribution in [1.82, 2.24) is 5.32 Å². The van der Waals surface area contributed by atoms with E-state index in [1.807, 2.05) is 0 Å². The summed E-state index contributed by atoms with van der Waals surface area (Å²) in [6, 6.07) is 8.94. The summed E-state index contributed by atoms with van der Waals surface area (Å²) in [5.74, 6) is 0. The maximum absolute atomic E-state index is 8.29. The molecule has 2 atom stereocenters. The molecule has 1 aromatic rings. The summed E-state index contributed by atoms with van der Waals surface area (Å²) in [5, 5.41) is 3.43. The van der Waals surface area contributed by atoms with Crippen molar-refractivity contribution in [2.75, 3.05) is 0 Å². The smallest absolute Gasteiger partial charge is 0.335 e. The molecule has 1 aliphatic heterocycles. The Kier molecular flexibility index (Phi) is 5.19. The molecule has 0 aromatic heterocycles. The molecule has 100 valence electrons. The van der Waals surface area contributed by atoms with E-state index in [2.05, 4.69) is 57.3 Å². The van der Waals surface area contributed by atoms with Gasteiger partial charge in [0, 0.05) is 6.04 Å². The summed E-state index contributed by atoms with van der Waals surface area (Å²) < 4.78 is 22.6. The molecule has 0 amide bonds. The summed E-state index contributed by atoms with van der Waals surface area (Å²) in [6.45, 7) is 8.40. The van der Waals surface area contributed by atoms with Gasteiger partial charge in [0.2, 0.25) is 0 Å². The van der Waals surface area contributed by atoms with Crippen molar-refractivity contribution in [1.29, 1.82) is 0 Å². The van der Waals surface area contributed by atoms with Gasteiger partial charge in [-0.15, -0.1) is 0 Å². The molecule has 4 nitrogen and oxygen atoms in total. The van der Waals surface area contributed by atoms with E-state index in [1.165, 1.54) is 11.1 Å². The highest BCUT2D eigenvalue weighted by atomic mass is 32.1. The summed E-state index contributed by atoms with van der Waals surface area (Å²) in [5.41, 5.74) is 2.33. The van der Waals surface area contributed by atoms with Crippen molar-refractivity contribution >= 4 is 11.6 Å². The Labute approximate surface area is 111 Å². The Morgan fingerprint density at radius 3 is 2.11 bits per heavy atom. The van der Waals surface area contributed by atoms with Crippen LogP contribution in [-0.2, 0) is 16.3 Å². The average molecular weight is 269 g/mol. The van der Waals surface area contributed by atoms with Crippen molar-refractivity contribution in [3.8, 4) is 0 Å². The molecule has 0 unspecified atom stereocenters. The van der Waals surface area contributed by atoms with Crippen LogP contribution in [0, 0.1) is 6.92 Å². The number of benzene rings is 1. The molecule has 0 radical (unpaired) electrons. The van der Waals surface area contributed by atoms with E-state index in [1.54, 1.807) is 0 Å². The minimum atomic E-state index is -0.750. The lowest BCUT2D eigenvalue weighted by Crippen LogP contribution is -2.36. The van der Waals surface area contributed by atoms with Gasteiger partial charge in [0.05, 0.1) is 6.10 Å². The maximum Gasteiger partial charge on any atom is 0.335 e. The Balaban J connectivity index is 0.000000492. The third-order valence-electron chi connectivity index (χ3n) is 2.86. The van der Waals surface area contributed by atoms with Gasteiger partial charge in [0.1, 0.15) is 5.72 Å². The van der Waals surface area contributed by atoms with E-state index < -0.39 is 11.6 Å². The molecule has 2 rings (SSSR count). The molecule has 18 heavy (non-hydrogen) atoms. The quantitative estimate of drug-likeness (QED) is 0.848. The number of aryl methyl sites for hydroxylation is 1. The molecule has 0 saturated carbocycles. The first kappa shape index (κ1) is 15.0. The molecular formula is C13H19NO3S. The van der Waals surface area contributed by atoms with Gasteiger partial charge in [-0.05, 0) is 33.3 Å². The van der Waals surface area contributed by atoms with E-state index >= 15 is 0 Å². The molecule has 5 heteroatoms. The average Bonchev–Trinajstić information content (AvgIpc) is 2.54. The van der Waals surface area contributed by atoms with Gasteiger partial charge in [-0.2, -0.15) is 8.42 Å². The zero-order chi connectivity index (χ0) is 13.8. The van der Waals surface area contributed by atoms with Gasteiger partial charge in [0.15, 0.2) is 0 Å². The van der Waals surface area contributed by atoms with Crippen LogP contribution in [-0.4, -0.2) is 20.2 Å². The van der Waals surface area contributed by atoms with Gasteiger partial charge in [-0.1, -0.05) is 29.8 Å². The van der Waals surface area contributed by atoms with Crippen LogP contribution in [0.4, 0.5) is 0 Å². The number of rotatable bonds is 1. The predicted octanol–water partition coefficient (Wildman–Crippen LogP) is 2.11. The Morgan fingerprint density at radius 2 is 1.72 bits per heavy atom. The maximum atomic E-state index is 8.29. The second kappa shape index (κ2) is 6.22. The highest BCUT2D eigenvalue weighted by Gasteiger charge is 2.37. The zero-order valence-corrected chi connectivity index (χ0v) is 11.9. The minimum Gasteiger partial charge on any atom is -0.352 e. The third kappa shape index (κ3) is 4.01. The van der Waals surface area contributed by atoms with E-state index in [-0.39, 0.29) is 11.8 Å². The van der Waals surface area contributed by atoms with E-state index in [0.29, 0.717) is 6.04 Å². The molecule has 0 spiro atoms. The lowest BCUT2D eigenvalue weighted by atomic mass is 10.0. The van der Waals surface area contributed by atoms with Crippen LogP contribution in [0.1, 0.15) is 38.0 Å². The minimum absolute atomic E-state index is 0.167. The van der Waals surface area contributed by atoms with Gasteiger partial charge in [0.25, 0.3) is 0 Å². The largest absolute Gasteiger partial charge is 0.352 e. The summed E-state index contributed by atoms with van der Waals surface area (Å²) in [6.07, 6.45) is 0.167. The number of ether oxygens (including phenoxy) is 1. The fourth-order valence-corrected chi connectivity index (χ4v) is 2.19. The van der Waals surface area contributed by atoms with Gasteiger partial charge >= 0.3 is 11.6 Å². The fraction of sp³-hybridized carbons (Fsp3) is 0.538. The van der Waals surface area contributed by atoms with Gasteiger partial charge < -0.3 is 4.74 Å². The van der Waals surface area contributed by atoms with Crippen LogP contribution in [0.15, 0.2) is 24.3 Å². The molecule has 1 aromatic carbocycles. The van der Waals surface area contributed by atoms with Crippen molar-refractivity contribution < 1.29 is 13.2 Å². The first-order valence-corrected chi connectivity index (χ1v) is 6.50. The Morgan fingerprint density at radius 1 is 1.22 bits per heavy atom. The second-order valence-electron chi connectivity index (χ2n) is 4.96. The first-order valence-electron chi connectivity index (χ1n) is 5.83. The molecule has 1 aliphatic rings. The van der Waals surface area contributed by atoms with Crippen LogP contribution >= 0.6 is 0 Å². The van der Waals surface area contributed by atoms with Crippen LogP contribution in [0.5, 0.6) is 0 Å². The molecule has 1 heterocycles. The molecule has 0 aliphatic carbocycles. The standard InChI is InChI=1S/C13H19NO.O2S/c1-9-5-7-11(8-6-9)12-10(2)14-13(3,4)15-12;1-3-2/h5-8,10,12,14H,1-4H3;/t10-,12+;/m1./s1. The fourth-order valence-electron chi connectivity index (χ4n) is 2.19. The van der Waals surface area contributed by atoms with Crippen LogP contribution < -0.4 is 5.32 Å². The van der Waals surface area contributed by atoms with Gasteiger partial charge in [-0.25, -0.2) is 0 Å². The van der Waals surface area contributed by atoms with Crippen LogP contribution in [0.2, 0.25) is 0 Å². The van der Waals surface area contributed by atoms with Crippen LogP contribution in [0.25, 0.3) is 0 Å². The SMILES string of the molecule is Cc1ccc([C@H]2OC(C)(C)N[C@@H]2C)cc1.O=S=O. The molecule has 1 N–H and O–H groups in total. The van der Waals surface area contributed by atoms with Crippen LogP contribution in [0.3, 0.4) is 0 Å². The van der Waals surface area contributed by atoms with E-state index in [9.17, 15) is 0 Å². The summed E-state index contributed by atoms with van der Waals surface area (Å²) >= 11 is -0.750. The summed E-state index contributed by atoms with van der Waals surface area (Å²) in [7, 11) is 0. The van der Waals surface area contributed by atoms with Crippen molar-refractivity contribution in [2.45, 2.75) is 45.6 Å². The third-order valence-corrected chi connectivity index (χ3v) is 2.86. The molecule has 1 fully saturated rings. The van der Waals surface area contributed by atoms with Gasteiger partial charge in [-0.3, -0.25) is 5.32 Å². The highest BCUT2D eigenvalue weighted by Crippen LogP contribution is 2.32. The number of hydrogen-bond acceptors (Lipinski definition) is 4. The normalized spacial score (nSPS) is 25.1. The van der Waals surface area contributed by atoms with Crippen molar-refractivity contribution in [2.24, 2.45) is 0 Å². The Bertz CT molecular complexity index is 424. The highest BCUT2D eigenvalue weighted by molar-refractivity contribution is 7.51. The molecule has 1 saturated heterocycles. The van der Waals surface area contributed by atoms with E-state index in [0.717, 1.165) is 0 Å². The van der Waals surface area contributed by atoms with Crippen molar-refractivity contribution in [3.05, 3.63) is 35.4 Å². The monoisotopic (exact) mass is 269 g/mol. The topological polar surface area (TPSA) is 55.4 Å². The van der Waals surface area contributed by atoms with E-state index in [4.69, 9.17) is 13.2 Å².